The molecule has 1 atom stereocenters. The molecule has 0 aliphatic carbocycles. The van der Waals surface area contributed by atoms with Crippen LogP contribution in [0.4, 0.5) is 8.78 Å². The molecular weight excluding hydrogens is 200 g/mol. The molecule has 0 amide bonds. The Labute approximate surface area is 78.9 Å². The Balaban J connectivity index is 3.25. The lowest BCUT2D eigenvalue weighted by Crippen LogP contribution is -2.13. The lowest BCUT2D eigenvalue weighted by molar-refractivity contribution is 0.396. The summed E-state index contributed by atoms with van der Waals surface area (Å²) < 4.78 is 24.9. The van der Waals surface area contributed by atoms with Gasteiger partial charge in [-0.3, -0.25) is 0 Å². The first-order valence-corrected chi connectivity index (χ1v) is 3.94. The fourth-order valence-corrected chi connectivity index (χ4v) is 1.28. The zero-order chi connectivity index (χ0) is 10.0. The van der Waals surface area contributed by atoms with Crippen LogP contribution in [0.5, 0.6) is 5.75 Å². The molecule has 0 spiro atoms. The van der Waals surface area contributed by atoms with E-state index < -0.39 is 24.3 Å². The Morgan fingerprint density at radius 3 is 2.69 bits per heavy atom. The SMILES string of the molecule is N[C@H](CF)c1c(Cl)ccc(F)c1O. The first-order chi connectivity index (χ1) is 6.07. The van der Waals surface area contributed by atoms with Crippen LogP contribution in [-0.2, 0) is 0 Å². The van der Waals surface area contributed by atoms with E-state index in [9.17, 15) is 13.9 Å². The van der Waals surface area contributed by atoms with E-state index in [1.807, 2.05) is 0 Å². The molecule has 3 N–H and O–H groups in total. The summed E-state index contributed by atoms with van der Waals surface area (Å²) in [6.45, 7) is -0.906. The summed E-state index contributed by atoms with van der Waals surface area (Å²) in [6, 6.07) is 1.12. The fraction of sp³-hybridized carbons (Fsp3) is 0.250. The topological polar surface area (TPSA) is 46.2 Å². The van der Waals surface area contributed by atoms with Gasteiger partial charge in [0.25, 0.3) is 0 Å². The van der Waals surface area contributed by atoms with Gasteiger partial charge in [0, 0.05) is 10.6 Å². The third-order valence-electron chi connectivity index (χ3n) is 1.65. The van der Waals surface area contributed by atoms with Crippen LogP contribution < -0.4 is 5.73 Å². The summed E-state index contributed by atoms with van der Waals surface area (Å²) in [5, 5.41) is 9.23. The summed E-state index contributed by atoms with van der Waals surface area (Å²) in [6.07, 6.45) is 0. The molecule has 1 aromatic carbocycles. The highest BCUT2D eigenvalue weighted by Gasteiger charge is 2.17. The number of rotatable bonds is 2. The number of phenols is 1. The predicted molar refractivity (Wildman–Crippen MR) is 46.0 cm³/mol. The molecule has 0 unspecified atom stereocenters. The smallest absolute Gasteiger partial charge is 0.165 e. The fourth-order valence-electron chi connectivity index (χ4n) is 0.987. The van der Waals surface area contributed by atoms with Gasteiger partial charge in [-0.25, -0.2) is 8.78 Å². The molecule has 0 aliphatic heterocycles. The van der Waals surface area contributed by atoms with Gasteiger partial charge < -0.3 is 10.8 Å². The van der Waals surface area contributed by atoms with Crippen LogP contribution in [0.1, 0.15) is 11.6 Å². The molecule has 0 bridgehead atoms. The number of halogens is 3. The Morgan fingerprint density at radius 1 is 1.54 bits per heavy atom. The largest absolute Gasteiger partial charge is 0.505 e. The van der Waals surface area contributed by atoms with Crippen molar-refractivity contribution in [3.63, 3.8) is 0 Å². The molecule has 0 aliphatic rings. The third kappa shape index (κ3) is 1.89. The number of hydrogen-bond acceptors (Lipinski definition) is 2. The zero-order valence-corrected chi connectivity index (χ0v) is 7.35. The van der Waals surface area contributed by atoms with Gasteiger partial charge in [-0.2, -0.15) is 0 Å². The van der Waals surface area contributed by atoms with Gasteiger partial charge in [0.2, 0.25) is 0 Å². The Kier molecular flexibility index (Phi) is 3.06. The molecule has 72 valence electrons. The summed E-state index contributed by atoms with van der Waals surface area (Å²) >= 11 is 5.60. The van der Waals surface area contributed by atoms with Crippen molar-refractivity contribution in [3.8, 4) is 5.75 Å². The molecule has 0 saturated heterocycles. The van der Waals surface area contributed by atoms with Crippen molar-refractivity contribution >= 4 is 11.6 Å². The van der Waals surface area contributed by atoms with Gasteiger partial charge in [0.05, 0.1) is 6.04 Å². The van der Waals surface area contributed by atoms with Gasteiger partial charge >= 0.3 is 0 Å². The van der Waals surface area contributed by atoms with Gasteiger partial charge in [-0.05, 0) is 12.1 Å². The van der Waals surface area contributed by atoms with Gasteiger partial charge in [0.1, 0.15) is 6.67 Å². The van der Waals surface area contributed by atoms with E-state index in [4.69, 9.17) is 17.3 Å². The van der Waals surface area contributed by atoms with Crippen LogP contribution in [-0.4, -0.2) is 11.8 Å². The third-order valence-corrected chi connectivity index (χ3v) is 1.98. The monoisotopic (exact) mass is 207 g/mol. The lowest BCUT2D eigenvalue weighted by Gasteiger charge is -2.11. The van der Waals surface area contributed by atoms with Crippen LogP contribution in [0.3, 0.4) is 0 Å². The van der Waals surface area contributed by atoms with E-state index >= 15 is 0 Å². The number of nitrogens with two attached hydrogens (primary N) is 1. The van der Waals surface area contributed by atoms with Crippen LogP contribution in [0, 0.1) is 5.82 Å². The van der Waals surface area contributed by atoms with Crippen LogP contribution in [0.15, 0.2) is 12.1 Å². The van der Waals surface area contributed by atoms with Crippen molar-refractivity contribution in [1.29, 1.82) is 0 Å². The molecular formula is C8H8ClF2NO. The molecule has 0 radical (unpaired) electrons. The maximum atomic E-state index is 12.8. The second-order valence-corrected chi connectivity index (χ2v) is 2.96. The van der Waals surface area contributed by atoms with Gasteiger partial charge in [-0.1, -0.05) is 11.6 Å². The van der Waals surface area contributed by atoms with E-state index in [1.165, 1.54) is 6.07 Å². The standard InChI is InChI=1S/C8H8ClF2NO/c9-4-1-2-5(11)8(13)7(4)6(12)3-10/h1-2,6,13H,3,12H2/t6-/m1/s1. The zero-order valence-electron chi connectivity index (χ0n) is 6.60. The van der Waals surface area contributed by atoms with E-state index in [0.29, 0.717) is 0 Å². The number of benzene rings is 1. The summed E-state index contributed by atoms with van der Waals surface area (Å²) in [5.41, 5.74) is 5.19. The highest BCUT2D eigenvalue weighted by atomic mass is 35.5. The molecule has 2 nitrogen and oxygen atoms in total. The second-order valence-electron chi connectivity index (χ2n) is 2.55. The van der Waals surface area contributed by atoms with Gasteiger partial charge in [-0.15, -0.1) is 0 Å². The van der Waals surface area contributed by atoms with E-state index in [2.05, 4.69) is 0 Å². The average molecular weight is 208 g/mol. The normalized spacial score (nSPS) is 12.9. The second kappa shape index (κ2) is 3.89. The molecule has 0 aromatic heterocycles. The van der Waals surface area contributed by atoms with Crippen molar-refractivity contribution in [2.75, 3.05) is 6.67 Å². The lowest BCUT2D eigenvalue weighted by atomic mass is 10.1. The molecule has 1 rings (SSSR count). The van der Waals surface area contributed by atoms with Crippen molar-refractivity contribution in [2.24, 2.45) is 5.73 Å². The molecule has 13 heavy (non-hydrogen) atoms. The number of phenolic OH excluding ortho intramolecular Hbond substituents is 1. The number of alkyl halides is 1. The molecule has 5 heteroatoms. The Morgan fingerprint density at radius 2 is 2.15 bits per heavy atom. The van der Waals surface area contributed by atoms with E-state index in [1.54, 1.807) is 0 Å². The highest BCUT2D eigenvalue weighted by molar-refractivity contribution is 6.31. The minimum Gasteiger partial charge on any atom is -0.505 e. The first-order valence-electron chi connectivity index (χ1n) is 3.56. The number of aromatic hydroxyl groups is 1. The highest BCUT2D eigenvalue weighted by Crippen LogP contribution is 2.32. The molecule has 1 aromatic rings. The van der Waals surface area contributed by atoms with Crippen molar-refractivity contribution in [3.05, 3.63) is 28.5 Å². The average Bonchev–Trinajstić information content (AvgIpc) is 2.12. The van der Waals surface area contributed by atoms with Crippen LogP contribution >= 0.6 is 11.6 Å². The van der Waals surface area contributed by atoms with Crippen molar-refractivity contribution in [2.45, 2.75) is 6.04 Å². The van der Waals surface area contributed by atoms with Crippen molar-refractivity contribution in [1.82, 2.24) is 0 Å². The maximum Gasteiger partial charge on any atom is 0.165 e. The molecule has 0 fully saturated rings. The van der Waals surface area contributed by atoms with Crippen molar-refractivity contribution < 1.29 is 13.9 Å². The number of hydrogen-bond donors (Lipinski definition) is 2. The Bertz CT molecular complexity index is 319. The maximum absolute atomic E-state index is 12.8. The quantitative estimate of drug-likeness (QED) is 0.781. The first kappa shape index (κ1) is 10.2. The minimum absolute atomic E-state index is 0.0593. The van der Waals surface area contributed by atoms with E-state index in [-0.39, 0.29) is 10.6 Å². The van der Waals surface area contributed by atoms with E-state index in [0.717, 1.165) is 6.07 Å². The molecule has 0 heterocycles. The van der Waals surface area contributed by atoms with Crippen LogP contribution in [0.2, 0.25) is 5.02 Å². The molecule has 0 saturated carbocycles. The summed E-state index contributed by atoms with van der Waals surface area (Å²) in [5.74, 6) is -1.54. The minimum atomic E-state index is -1.09. The van der Waals surface area contributed by atoms with Crippen LogP contribution in [0.25, 0.3) is 0 Å². The summed E-state index contributed by atoms with van der Waals surface area (Å²) in [4.78, 5) is 0. The van der Waals surface area contributed by atoms with Gasteiger partial charge in [0.15, 0.2) is 11.6 Å². The predicted octanol–water partition coefficient (Wildman–Crippen LogP) is 2.15. The summed E-state index contributed by atoms with van der Waals surface area (Å²) in [7, 11) is 0. The Hall–Kier alpha value is -0.870.